The molecule has 206 valence electrons. The van der Waals surface area contributed by atoms with Gasteiger partial charge >= 0.3 is 5.97 Å². The van der Waals surface area contributed by atoms with Gasteiger partial charge in [-0.1, -0.05) is 24.3 Å². The summed E-state index contributed by atoms with van der Waals surface area (Å²) in [6.07, 6.45) is 1.97. The number of ether oxygens (including phenoxy) is 5. The van der Waals surface area contributed by atoms with Crippen LogP contribution < -0.4 is 14.2 Å². The number of rotatable bonds is 10. The molecule has 0 N–H and O–H groups in total. The van der Waals surface area contributed by atoms with Gasteiger partial charge in [0.2, 0.25) is 0 Å². The van der Waals surface area contributed by atoms with Crippen molar-refractivity contribution < 1.29 is 36.9 Å². The van der Waals surface area contributed by atoms with Crippen molar-refractivity contribution >= 4 is 15.8 Å². The number of esters is 1. The first kappa shape index (κ1) is 27.0. The molecule has 8 nitrogen and oxygen atoms in total. The molecule has 2 aliphatic rings. The number of carbonyl (C=O) groups is 1. The van der Waals surface area contributed by atoms with Crippen LogP contribution in [0.2, 0.25) is 0 Å². The van der Waals surface area contributed by atoms with Gasteiger partial charge in [0.1, 0.15) is 33.7 Å². The molecular formula is C30H32O8S. The van der Waals surface area contributed by atoms with E-state index >= 15 is 0 Å². The smallest absolute Gasteiger partial charge is 0.306 e. The third-order valence-electron chi connectivity index (χ3n) is 6.90. The molecule has 0 amide bonds. The standard InChI is InChI=1S/C30H32O8S/c1-34-30(31)14-23-19-38-29-15-25(7-9-27(23)29)37-16-20-4-5-21-17-35-18-22-13-24(6-8-26(22)28(21)12-20)36-10-3-11-39(2,32)33/h4-9,12-13,15,23H,3,10-11,14,16-19H2,1-2H3/t23-/m1/s1. The summed E-state index contributed by atoms with van der Waals surface area (Å²) in [5, 5.41) is 0. The molecule has 0 bridgehead atoms. The summed E-state index contributed by atoms with van der Waals surface area (Å²) in [5.41, 5.74) is 6.30. The lowest BCUT2D eigenvalue weighted by molar-refractivity contribution is -0.141. The number of hydrogen-bond acceptors (Lipinski definition) is 8. The maximum Gasteiger partial charge on any atom is 0.306 e. The molecule has 5 rings (SSSR count). The average molecular weight is 553 g/mol. The molecule has 0 aliphatic carbocycles. The molecule has 9 heteroatoms. The van der Waals surface area contributed by atoms with E-state index in [9.17, 15) is 13.2 Å². The number of carbonyl (C=O) groups excluding carboxylic acids is 1. The average Bonchev–Trinajstić information content (AvgIpc) is 3.22. The summed E-state index contributed by atoms with van der Waals surface area (Å²) < 4.78 is 51.1. The molecule has 0 aromatic heterocycles. The van der Waals surface area contributed by atoms with Crippen molar-refractivity contribution in [1.29, 1.82) is 0 Å². The van der Waals surface area contributed by atoms with Crippen molar-refractivity contribution in [2.24, 2.45) is 0 Å². The van der Waals surface area contributed by atoms with E-state index < -0.39 is 9.84 Å². The van der Waals surface area contributed by atoms with Crippen molar-refractivity contribution in [3.63, 3.8) is 0 Å². The van der Waals surface area contributed by atoms with Gasteiger partial charge < -0.3 is 23.7 Å². The molecule has 0 saturated carbocycles. The van der Waals surface area contributed by atoms with Crippen molar-refractivity contribution in [2.45, 2.75) is 38.6 Å². The fourth-order valence-corrected chi connectivity index (χ4v) is 5.52. The molecule has 0 radical (unpaired) electrons. The highest BCUT2D eigenvalue weighted by atomic mass is 32.2. The van der Waals surface area contributed by atoms with Crippen molar-refractivity contribution in [3.05, 3.63) is 76.9 Å². The summed E-state index contributed by atoms with van der Waals surface area (Å²) in [4.78, 5) is 11.7. The monoisotopic (exact) mass is 552 g/mol. The third kappa shape index (κ3) is 6.72. The topological polar surface area (TPSA) is 97.4 Å². The Morgan fingerprint density at radius 2 is 1.74 bits per heavy atom. The predicted molar refractivity (Wildman–Crippen MR) is 146 cm³/mol. The predicted octanol–water partition coefficient (Wildman–Crippen LogP) is 4.82. The van der Waals surface area contributed by atoms with Crippen molar-refractivity contribution in [1.82, 2.24) is 0 Å². The highest BCUT2D eigenvalue weighted by molar-refractivity contribution is 7.90. The van der Waals surface area contributed by atoms with E-state index in [0.717, 1.165) is 39.1 Å². The zero-order valence-electron chi connectivity index (χ0n) is 22.1. The molecule has 1 atom stereocenters. The van der Waals surface area contributed by atoms with Crippen LogP contribution in [0.25, 0.3) is 11.1 Å². The second kappa shape index (κ2) is 11.7. The zero-order chi connectivity index (χ0) is 27.4. The van der Waals surface area contributed by atoms with Gasteiger partial charge in [-0.15, -0.1) is 0 Å². The van der Waals surface area contributed by atoms with Crippen LogP contribution >= 0.6 is 0 Å². The molecule has 2 heterocycles. The fourth-order valence-electron chi connectivity index (χ4n) is 4.88. The van der Waals surface area contributed by atoms with E-state index in [1.165, 1.54) is 13.4 Å². The van der Waals surface area contributed by atoms with Crippen LogP contribution in [0.3, 0.4) is 0 Å². The minimum atomic E-state index is -3.00. The summed E-state index contributed by atoms with van der Waals surface area (Å²) in [7, 11) is -1.61. The maximum absolute atomic E-state index is 11.7. The lowest BCUT2D eigenvalue weighted by atomic mass is 9.95. The van der Waals surface area contributed by atoms with E-state index in [1.807, 2.05) is 42.5 Å². The Balaban J connectivity index is 1.26. The van der Waals surface area contributed by atoms with Gasteiger partial charge in [-0.05, 0) is 58.5 Å². The van der Waals surface area contributed by atoms with Gasteiger partial charge in [0, 0.05) is 23.8 Å². The molecular weight excluding hydrogens is 520 g/mol. The number of benzene rings is 3. The van der Waals surface area contributed by atoms with Crippen LogP contribution in [0.5, 0.6) is 17.2 Å². The zero-order valence-corrected chi connectivity index (χ0v) is 22.9. The molecule has 0 spiro atoms. The first-order valence-corrected chi connectivity index (χ1v) is 14.9. The van der Waals surface area contributed by atoms with E-state index in [4.69, 9.17) is 23.7 Å². The van der Waals surface area contributed by atoms with E-state index in [0.29, 0.717) is 57.4 Å². The van der Waals surface area contributed by atoms with Gasteiger partial charge in [0.05, 0.1) is 45.7 Å². The van der Waals surface area contributed by atoms with Crippen LogP contribution in [0.1, 0.15) is 41.0 Å². The van der Waals surface area contributed by atoms with Crippen LogP contribution in [0.15, 0.2) is 54.6 Å². The number of hydrogen-bond donors (Lipinski definition) is 0. The van der Waals surface area contributed by atoms with Crippen LogP contribution in [-0.2, 0) is 43.9 Å². The van der Waals surface area contributed by atoms with Crippen LogP contribution in [-0.4, -0.2) is 46.7 Å². The molecule has 39 heavy (non-hydrogen) atoms. The Bertz CT molecular complexity index is 1460. The van der Waals surface area contributed by atoms with Crippen LogP contribution in [0.4, 0.5) is 0 Å². The number of fused-ring (bicyclic) bond motifs is 4. The van der Waals surface area contributed by atoms with Gasteiger partial charge in [-0.3, -0.25) is 4.79 Å². The Morgan fingerprint density at radius 1 is 0.949 bits per heavy atom. The fraction of sp³-hybridized carbons (Fsp3) is 0.367. The molecule has 2 aliphatic heterocycles. The Labute approximate surface area is 228 Å². The lowest BCUT2D eigenvalue weighted by Gasteiger charge is -2.14. The largest absolute Gasteiger partial charge is 0.494 e. The molecule has 3 aromatic carbocycles. The highest BCUT2D eigenvalue weighted by Crippen LogP contribution is 2.39. The Hall–Kier alpha value is -3.56. The first-order chi connectivity index (χ1) is 18.8. The summed E-state index contributed by atoms with van der Waals surface area (Å²) in [6, 6.07) is 17.9. The van der Waals surface area contributed by atoms with Crippen molar-refractivity contribution in [2.75, 3.05) is 32.3 Å². The van der Waals surface area contributed by atoms with E-state index in [-0.39, 0.29) is 17.6 Å². The molecule has 0 unspecified atom stereocenters. The second-order valence-corrected chi connectivity index (χ2v) is 12.2. The lowest BCUT2D eigenvalue weighted by Crippen LogP contribution is -2.09. The maximum atomic E-state index is 11.7. The van der Waals surface area contributed by atoms with Gasteiger partial charge in [0.25, 0.3) is 0 Å². The Morgan fingerprint density at radius 3 is 2.56 bits per heavy atom. The van der Waals surface area contributed by atoms with E-state index in [1.54, 1.807) is 0 Å². The SMILES string of the molecule is COC(=O)C[C@@H]1COc2cc(OCc3ccc4c(c3)-c3ccc(OCCCS(C)(=O)=O)cc3COC4)ccc21. The third-order valence-corrected chi connectivity index (χ3v) is 7.93. The van der Waals surface area contributed by atoms with Gasteiger partial charge in [-0.25, -0.2) is 8.42 Å². The molecule has 0 fully saturated rings. The molecule has 3 aromatic rings. The summed E-state index contributed by atoms with van der Waals surface area (Å²) in [5.74, 6) is 1.98. The normalized spacial score (nSPS) is 15.8. The second-order valence-electron chi connectivity index (χ2n) is 9.91. The van der Waals surface area contributed by atoms with E-state index in [2.05, 4.69) is 12.1 Å². The summed E-state index contributed by atoms with van der Waals surface area (Å²) in [6.45, 7) is 2.14. The quantitative estimate of drug-likeness (QED) is 0.261. The minimum Gasteiger partial charge on any atom is -0.494 e. The highest BCUT2D eigenvalue weighted by Gasteiger charge is 2.27. The van der Waals surface area contributed by atoms with Gasteiger partial charge in [-0.2, -0.15) is 0 Å². The number of methoxy groups -OCH3 is 1. The van der Waals surface area contributed by atoms with Crippen LogP contribution in [0, 0.1) is 0 Å². The van der Waals surface area contributed by atoms with Crippen molar-refractivity contribution in [3.8, 4) is 28.4 Å². The minimum absolute atomic E-state index is 0.00762. The summed E-state index contributed by atoms with van der Waals surface area (Å²) >= 11 is 0. The number of sulfone groups is 1. The molecule has 0 saturated heterocycles. The Kier molecular flexibility index (Phi) is 8.09. The van der Waals surface area contributed by atoms with Gasteiger partial charge in [0.15, 0.2) is 0 Å². The first-order valence-electron chi connectivity index (χ1n) is 12.9.